The number of hydrogen-bond acceptors (Lipinski definition) is 9. The van der Waals surface area contributed by atoms with Crippen molar-refractivity contribution in [1.29, 1.82) is 0 Å². The second-order valence-electron chi connectivity index (χ2n) is 7.66. The van der Waals surface area contributed by atoms with Gasteiger partial charge >= 0.3 is 0 Å². The van der Waals surface area contributed by atoms with Gasteiger partial charge in [-0.1, -0.05) is 0 Å². The van der Waals surface area contributed by atoms with E-state index in [-0.39, 0.29) is 22.5 Å². The summed E-state index contributed by atoms with van der Waals surface area (Å²) in [5.41, 5.74) is 5.73. The Bertz CT molecular complexity index is 1370. The lowest BCUT2D eigenvalue weighted by Gasteiger charge is -2.22. The second-order valence-corrected chi connectivity index (χ2v) is 7.66. The number of primary amides is 1. The van der Waals surface area contributed by atoms with Crippen LogP contribution in [0, 0.1) is 6.92 Å². The van der Waals surface area contributed by atoms with E-state index in [2.05, 4.69) is 25.7 Å². The molecule has 1 amide bonds. The Hall–Kier alpha value is -4.19. The van der Waals surface area contributed by atoms with Crippen LogP contribution in [0.25, 0.3) is 11.5 Å². The van der Waals surface area contributed by atoms with Crippen LogP contribution >= 0.6 is 0 Å². The molecule has 178 valence electrons. The van der Waals surface area contributed by atoms with Gasteiger partial charge in [-0.15, -0.1) is 0 Å². The third-order valence-electron chi connectivity index (χ3n) is 5.44. The molecule has 0 bridgehead atoms. The number of aromatic nitrogens is 5. The molecule has 4 heterocycles. The highest BCUT2D eigenvalue weighted by atomic mass is 16.5. The molecule has 12 nitrogen and oxygen atoms in total. The number of methoxy groups -OCH3 is 1. The quantitative estimate of drug-likeness (QED) is 0.388. The average molecular weight is 467 g/mol. The Labute approximate surface area is 194 Å². The molecule has 1 saturated carbocycles. The summed E-state index contributed by atoms with van der Waals surface area (Å²) >= 11 is 0. The topological polar surface area (TPSA) is 155 Å². The summed E-state index contributed by atoms with van der Waals surface area (Å²) in [6.07, 6.45) is 8.95. The maximum atomic E-state index is 12.8. The van der Waals surface area contributed by atoms with Crippen molar-refractivity contribution in [2.45, 2.75) is 32.3 Å². The monoisotopic (exact) mass is 466 g/mol. The molecule has 34 heavy (non-hydrogen) atoms. The lowest BCUT2D eigenvalue weighted by molar-refractivity contribution is 0.0412. The standard InChI is InChI=1S/C17H16N8O3.C5H10O/c1-9-20-8-14(28-9)24-5-3-4-11(17(24)27)22-12-6-13(19-2)25-16(23-12)10(7-21-25)15(18)26;1-6-5-3-2-4-5/h3-8,19H,1-2H3,(H2,18,26)(H,22,23);5H,2-4H2,1H3. The summed E-state index contributed by atoms with van der Waals surface area (Å²) in [6.45, 7) is 1.69. The van der Waals surface area contributed by atoms with Crippen LogP contribution in [0.4, 0.5) is 17.3 Å². The van der Waals surface area contributed by atoms with Crippen molar-refractivity contribution in [3.05, 3.63) is 58.6 Å². The Balaban J connectivity index is 0.000000398. The van der Waals surface area contributed by atoms with Crippen molar-refractivity contribution in [1.82, 2.24) is 24.1 Å². The second kappa shape index (κ2) is 9.75. The zero-order chi connectivity index (χ0) is 24.2. The molecular formula is C22H26N8O4. The minimum atomic E-state index is -0.649. The number of carbonyl (C=O) groups excluding carboxylic acids is 1. The predicted octanol–water partition coefficient (Wildman–Crippen LogP) is 2.25. The number of nitrogens with zero attached hydrogens (tertiary/aromatic N) is 5. The number of hydrogen-bond donors (Lipinski definition) is 3. The summed E-state index contributed by atoms with van der Waals surface area (Å²) in [4.78, 5) is 32.8. The first-order chi connectivity index (χ1) is 16.4. The lowest BCUT2D eigenvalue weighted by atomic mass is 9.96. The number of ether oxygens (including phenoxy) is 1. The van der Waals surface area contributed by atoms with Gasteiger partial charge in [-0.05, 0) is 31.4 Å². The molecular weight excluding hydrogens is 440 g/mol. The number of oxazole rings is 1. The fourth-order valence-electron chi connectivity index (χ4n) is 3.35. The van der Waals surface area contributed by atoms with E-state index >= 15 is 0 Å². The van der Waals surface area contributed by atoms with Gasteiger partial charge in [0, 0.05) is 33.3 Å². The molecule has 0 spiro atoms. The maximum Gasteiger partial charge on any atom is 0.281 e. The molecule has 1 aliphatic carbocycles. The number of amides is 1. The van der Waals surface area contributed by atoms with Gasteiger partial charge in [-0.2, -0.15) is 9.61 Å². The number of carbonyl (C=O) groups is 1. The minimum absolute atomic E-state index is 0.169. The molecule has 1 fully saturated rings. The Kier molecular flexibility index (Phi) is 6.59. The Morgan fingerprint density at radius 1 is 1.32 bits per heavy atom. The van der Waals surface area contributed by atoms with E-state index in [1.165, 1.54) is 40.7 Å². The number of anilines is 3. The van der Waals surface area contributed by atoms with Gasteiger partial charge in [0.05, 0.1) is 18.5 Å². The summed E-state index contributed by atoms with van der Waals surface area (Å²) in [7, 11) is 3.48. The SMILES string of the molecule is CNc1cc(Nc2cccn(-c3cnc(C)o3)c2=O)nc2c(C(N)=O)cnn12.COC1CCC1. The molecule has 5 rings (SSSR count). The molecule has 4 aromatic rings. The van der Waals surface area contributed by atoms with Crippen LogP contribution in [-0.4, -0.2) is 50.3 Å². The van der Waals surface area contributed by atoms with Crippen LogP contribution < -0.4 is 21.9 Å². The van der Waals surface area contributed by atoms with Crippen molar-refractivity contribution >= 4 is 28.9 Å². The molecule has 0 radical (unpaired) electrons. The van der Waals surface area contributed by atoms with Crippen molar-refractivity contribution in [3.8, 4) is 5.88 Å². The maximum absolute atomic E-state index is 12.8. The van der Waals surface area contributed by atoms with E-state index in [4.69, 9.17) is 14.9 Å². The number of nitrogens with two attached hydrogens (primary N) is 1. The highest BCUT2D eigenvalue weighted by molar-refractivity contribution is 5.98. The normalized spacial score (nSPS) is 13.1. The number of rotatable bonds is 6. The zero-order valence-electron chi connectivity index (χ0n) is 19.1. The van der Waals surface area contributed by atoms with Gasteiger partial charge in [0.1, 0.15) is 22.9 Å². The fraction of sp³-hybridized carbons (Fsp3) is 0.318. The molecule has 0 atom stereocenters. The molecule has 0 unspecified atom stereocenters. The zero-order valence-corrected chi connectivity index (χ0v) is 19.1. The van der Waals surface area contributed by atoms with Crippen LogP contribution in [0.5, 0.6) is 0 Å². The molecule has 4 aromatic heterocycles. The first kappa shape index (κ1) is 23.0. The van der Waals surface area contributed by atoms with E-state index in [9.17, 15) is 9.59 Å². The summed E-state index contributed by atoms with van der Waals surface area (Å²) < 4.78 is 13.2. The van der Waals surface area contributed by atoms with E-state index in [1.54, 1.807) is 45.5 Å². The first-order valence-electron chi connectivity index (χ1n) is 10.7. The molecule has 0 aromatic carbocycles. The van der Waals surface area contributed by atoms with Crippen LogP contribution in [-0.2, 0) is 4.74 Å². The highest BCUT2D eigenvalue weighted by Crippen LogP contribution is 2.21. The van der Waals surface area contributed by atoms with Gasteiger partial charge in [0.25, 0.3) is 11.5 Å². The molecule has 1 aliphatic rings. The van der Waals surface area contributed by atoms with Crippen LogP contribution in [0.3, 0.4) is 0 Å². The fourth-order valence-corrected chi connectivity index (χ4v) is 3.35. The molecule has 0 aliphatic heterocycles. The van der Waals surface area contributed by atoms with Gasteiger partial charge in [-0.3, -0.25) is 14.2 Å². The van der Waals surface area contributed by atoms with Crippen LogP contribution in [0.2, 0.25) is 0 Å². The lowest BCUT2D eigenvalue weighted by Crippen LogP contribution is -2.20. The molecule has 0 saturated heterocycles. The average Bonchev–Trinajstić information content (AvgIpc) is 3.40. The van der Waals surface area contributed by atoms with Gasteiger partial charge in [0.15, 0.2) is 11.5 Å². The summed E-state index contributed by atoms with van der Waals surface area (Å²) in [5.74, 6) is 0.998. The summed E-state index contributed by atoms with van der Waals surface area (Å²) in [6, 6.07) is 4.95. The van der Waals surface area contributed by atoms with E-state index in [1.807, 2.05) is 0 Å². The van der Waals surface area contributed by atoms with Gasteiger partial charge in [-0.25, -0.2) is 9.97 Å². The van der Waals surface area contributed by atoms with Crippen molar-refractivity contribution in [3.63, 3.8) is 0 Å². The van der Waals surface area contributed by atoms with Gasteiger partial charge < -0.3 is 25.5 Å². The third kappa shape index (κ3) is 4.62. The van der Waals surface area contributed by atoms with Crippen LogP contribution in [0.15, 0.2) is 46.0 Å². The molecule has 4 N–H and O–H groups in total. The highest BCUT2D eigenvalue weighted by Gasteiger charge is 2.16. The van der Waals surface area contributed by atoms with Crippen molar-refractivity contribution in [2.75, 3.05) is 24.8 Å². The van der Waals surface area contributed by atoms with E-state index in [0.29, 0.717) is 29.5 Å². The Morgan fingerprint density at radius 3 is 2.68 bits per heavy atom. The smallest absolute Gasteiger partial charge is 0.281 e. The number of aryl methyl sites for hydroxylation is 1. The largest absolute Gasteiger partial charge is 0.425 e. The number of nitrogens with one attached hydrogen (secondary N) is 2. The van der Waals surface area contributed by atoms with Crippen molar-refractivity contribution in [2.24, 2.45) is 5.73 Å². The number of pyridine rings is 1. The summed E-state index contributed by atoms with van der Waals surface area (Å²) in [5, 5.41) is 10.0. The van der Waals surface area contributed by atoms with E-state index < -0.39 is 5.91 Å². The van der Waals surface area contributed by atoms with Gasteiger partial charge in [0.2, 0.25) is 5.88 Å². The predicted molar refractivity (Wildman–Crippen MR) is 126 cm³/mol. The van der Waals surface area contributed by atoms with Crippen molar-refractivity contribution < 1.29 is 13.9 Å². The third-order valence-corrected chi connectivity index (χ3v) is 5.44. The number of fused-ring (bicyclic) bond motifs is 1. The van der Waals surface area contributed by atoms with E-state index in [0.717, 1.165) is 0 Å². The molecule has 12 heteroatoms. The Morgan fingerprint density at radius 2 is 2.12 bits per heavy atom. The minimum Gasteiger partial charge on any atom is -0.425 e. The first-order valence-corrected chi connectivity index (χ1v) is 10.7. The van der Waals surface area contributed by atoms with Crippen LogP contribution in [0.1, 0.15) is 35.5 Å².